The van der Waals surface area contributed by atoms with Gasteiger partial charge in [-0.3, -0.25) is 0 Å². The third-order valence-electron chi connectivity index (χ3n) is 2.03. The van der Waals surface area contributed by atoms with Crippen molar-refractivity contribution in [2.75, 3.05) is 13.2 Å². The van der Waals surface area contributed by atoms with Crippen LogP contribution in [0.3, 0.4) is 0 Å². The normalized spacial score (nSPS) is 13.9. The van der Waals surface area contributed by atoms with Crippen molar-refractivity contribution in [3.05, 3.63) is 17.8 Å². The summed E-state index contributed by atoms with van der Waals surface area (Å²) in [5, 5.41) is 12.7. The van der Waals surface area contributed by atoms with Crippen molar-refractivity contribution in [2.45, 2.75) is 45.9 Å². The minimum absolute atomic E-state index is 0.222. The van der Waals surface area contributed by atoms with E-state index in [-0.39, 0.29) is 5.60 Å². The second-order valence-corrected chi connectivity index (χ2v) is 5.07. The highest BCUT2D eigenvalue weighted by molar-refractivity contribution is 4.90. The Hall–Kier alpha value is -0.910. The fourth-order valence-corrected chi connectivity index (χ4v) is 1.23. The van der Waals surface area contributed by atoms with Crippen LogP contribution in [-0.4, -0.2) is 34.9 Å². The summed E-state index contributed by atoms with van der Waals surface area (Å²) in [6.45, 7) is 9.02. The lowest BCUT2D eigenvalue weighted by Crippen LogP contribution is -2.33. The van der Waals surface area contributed by atoms with E-state index in [0.717, 1.165) is 5.76 Å². The molecule has 2 N–H and O–H groups in total. The van der Waals surface area contributed by atoms with Gasteiger partial charge in [-0.2, -0.15) is 0 Å². The molecule has 0 amide bonds. The fraction of sp³-hybridized carbons (Fsp3) is 0.750. The molecule has 0 aliphatic heterocycles. The van der Waals surface area contributed by atoms with Crippen molar-refractivity contribution in [3.63, 3.8) is 0 Å². The SMILES string of the molecule is Cc1cnc(CNCC(O)COC(C)(C)C)o1. The van der Waals surface area contributed by atoms with Gasteiger partial charge in [0.2, 0.25) is 5.89 Å². The van der Waals surface area contributed by atoms with Crippen LogP contribution in [0.25, 0.3) is 0 Å². The average molecular weight is 242 g/mol. The van der Waals surface area contributed by atoms with Gasteiger partial charge in [0.05, 0.1) is 31.1 Å². The summed E-state index contributed by atoms with van der Waals surface area (Å²) < 4.78 is 10.8. The largest absolute Gasteiger partial charge is 0.445 e. The Balaban J connectivity index is 2.14. The molecule has 0 saturated carbocycles. The number of hydrogen-bond acceptors (Lipinski definition) is 5. The maximum atomic E-state index is 9.66. The molecule has 1 aromatic rings. The molecule has 0 radical (unpaired) electrons. The number of aliphatic hydroxyl groups is 1. The summed E-state index contributed by atoms with van der Waals surface area (Å²) in [5.41, 5.74) is -0.222. The molecule has 5 heteroatoms. The van der Waals surface area contributed by atoms with Crippen LogP contribution in [0.2, 0.25) is 0 Å². The Morgan fingerprint density at radius 1 is 1.53 bits per heavy atom. The average Bonchev–Trinajstić information content (AvgIpc) is 2.60. The van der Waals surface area contributed by atoms with Crippen LogP contribution in [0.5, 0.6) is 0 Å². The van der Waals surface area contributed by atoms with Crippen LogP contribution in [0.15, 0.2) is 10.6 Å². The van der Waals surface area contributed by atoms with Gasteiger partial charge in [-0.15, -0.1) is 0 Å². The van der Waals surface area contributed by atoms with Crippen molar-refractivity contribution in [1.82, 2.24) is 10.3 Å². The number of hydrogen-bond donors (Lipinski definition) is 2. The number of aliphatic hydroxyl groups excluding tert-OH is 1. The summed E-state index contributed by atoms with van der Waals surface area (Å²) in [7, 11) is 0. The molecular weight excluding hydrogens is 220 g/mol. The first-order chi connectivity index (χ1) is 7.87. The zero-order valence-electron chi connectivity index (χ0n) is 11.0. The molecule has 1 heterocycles. The van der Waals surface area contributed by atoms with Gasteiger partial charge in [-0.1, -0.05) is 0 Å². The third-order valence-corrected chi connectivity index (χ3v) is 2.03. The number of aryl methyl sites for hydroxylation is 1. The zero-order chi connectivity index (χ0) is 12.9. The van der Waals surface area contributed by atoms with Crippen molar-refractivity contribution in [2.24, 2.45) is 0 Å². The van der Waals surface area contributed by atoms with Crippen LogP contribution < -0.4 is 5.32 Å². The summed E-state index contributed by atoms with van der Waals surface area (Å²) in [6.07, 6.45) is 1.15. The van der Waals surface area contributed by atoms with Crippen LogP contribution in [-0.2, 0) is 11.3 Å². The number of nitrogens with zero attached hydrogens (tertiary/aromatic N) is 1. The lowest BCUT2D eigenvalue weighted by molar-refractivity contribution is -0.0480. The van der Waals surface area contributed by atoms with Crippen molar-refractivity contribution in [3.8, 4) is 0 Å². The van der Waals surface area contributed by atoms with E-state index < -0.39 is 6.10 Å². The first kappa shape index (κ1) is 14.2. The first-order valence-electron chi connectivity index (χ1n) is 5.81. The lowest BCUT2D eigenvalue weighted by Gasteiger charge is -2.21. The Labute approximate surface area is 102 Å². The summed E-state index contributed by atoms with van der Waals surface area (Å²) in [5.74, 6) is 1.42. The monoisotopic (exact) mass is 242 g/mol. The number of rotatable bonds is 6. The maximum Gasteiger partial charge on any atom is 0.208 e. The van der Waals surface area contributed by atoms with E-state index in [1.54, 1.807) is 6.20 Å². The van der Waals surface area contributed by atoms with Gasteiger partial charge < -0.3 is 19.6 Å². The van der Waals surface area contributed by atoms with Crippen LogP contribution in [0, 0.1) is 6.92 Å². The molecule has 0 aromatic carbocycles. The predicted octanol–water partition coefficient (Wildman–Crippen LogP) is 1.25. The van der Waals surface area contributed by atoms with E-state index in [0.29, 0.717) is 25.6 Å². The van der Waals surface area contributed by atoms with E-state index in [1.165, 1.54) is 0 Å². The Morgan fingerprint density at radius 2 is 2.24 bits per heavy atom. The summed E-state index contributed by atoms with van der Waals surface area (Å²) in [4.78, 5) is 4.06. The van der Waals surface area contributed by atoms with Gasteiger partial charge in [0.15, 0.2) is 0 Å². The van der Waals surface area contributed by atoms with Crippen LogP contribution in [0.4, 0.5) is 0 Å². The molecule has 0 saturated heterocycles. The van der Waals surface area contributed by atoms with Crippen LogP contribution in [0.1, 0.15) is 32.4 Å². The molecule has 5 nitrogen and oxygen atoms in total. The van der Waals surface area contributed by atoms with Crippen LogP contribution >= 0.6 is 0 Å². The minimum atomic E-state index is -0.523. The molecule has 1 rings (SSSR count). The topological polar surface area (TPSA) is 67.5 Å². The maximum absolute atomic E-state index is 9.66. The van der Waals surface area contributed by atoms with E-state index in [4.69, 9.17) is 9.15 Å². The fourth-order valence-electron chi connectivity index (χ4n) is 1.23. The smallest absolute Gasteiger partial charge is 0.208 e. The van der Waals surface area contributed by atoms with Gasteiger partial charge in [-0.05, 0) is 27.7 Å². The molecule has 1 aromatic heterocycles. The second kappa shape index (κ2) is 6.14. The highest BCUT2D eigenvalue weighted by atomic mass is 16.5. The lowest BCUT2D eigenvalue weighted by atomic mass is 10.2. The Kier molecular flexibility index (Phi) is 5.11. The highest BCUT2D eigenvalue weighted by Gasteiger charge is 2.13. The van der Waals surface area contributed by atoms with E-state index in [1.807, 2.05) is 27.7 Å². The summed E-state index contributed by atoms with van der Waals surface area (Å²) in [6, 6.07) is 0. The van der Waals surface area contributed by atoms with Gasteiger partial charge in [0, 0.05) is 6.54 Å². The standard InChI is InChI=1S/C12H22N2O3/c1-9-5-14-11(17-9)7-13-6-10(15)8-16-12(2,3)4/h5,10,13,15H,6-8H2,1-4H3. The van der Waals surface area contributed by atoms with Gasteiger partial charge in [0.1, 0.15) is 5.76 Å². The Morgan fingerprint density at radius 3 is 2.76 bits per heavy atom. The van der Waals surface area contributed by atoms with Crippen molar-refractivity contribution < 1.29 is 14.3 Å². The number of oxazole rings is 1. The molecule has 0 aliphatic carbocycles. The van der Waals surface area contributed by atoms with Gasteiger partial charge in [-0.25, -0.2) is 4.98 Å². The molecule has 17 heavy (non-hydrogen) atoms. The molecule has 1 unspecified atom stereocenters. The number of nitrogens with one attached hydrogen (secondary N) is 1. The third kappa shape index (κ3) is 6.41. The van der Waals surface area contributed by atoms with E-state index in [2.05, 4.69) is 10.3 Å². The van der Waals surface area contributed by atoms with Gasteiger partial charge in [0.25, 0.3) is 0 Å². The van der Waals surface area contributed by atoms with Crippen molar-refractivity contribution >= 4 is 0 Å². The quantitative estimate of drug-likeness (QED) is 0.785. The number of ether oxygens (including phenoxy) is 1. The second-order valence-electron chi connectivity index (χ2n) is 5.07. The molecule has 1 atom stereocenters. The summed E-state index contributed by atoms with van der Waals surface area (Å²) >= 11 is 0. The molecule has 0 aliphatic rings. The highest BCUT2D eigenvalue weighted by Crippen LogP contribution is 2.07. The molecule has 0 fully saturated rings. The zero-order valence-corrected chi connectivity index (χ0v) is 11.0. The van der Waals surface area contributed by atoms with E-state index >= 15 is 0 Å². The predicted molar refractivity (Wildman–Crippen MR) is 64.7 cm³/mol. The number of aromatic nitrogens is 1. The van der Waals surface area contributed by atoms with Crippen molar-refractivity contribution in [1.29, 1.82) is 0 Å². The first-order valence-corrected chi connectivity index (χ1v) is 5.81. The Bertz CT molecular complexity index is 331. The van der Waals surface area contributed by atoms with E-state index in [9.17, 15) is 5.11 Å². The molecule has 0 spiro atoms. The molecule has 0 bridgehead atoms. The minimum Gasteiger partial charge on any atom is -0.445 e. The van der Waals surface area contributed by atoms with Gasteiger partial charge >= 0.3 is 0 Å². The molecule has 98 valence electrons. The molecular formula is C12H22N2O3.